The fourth-order valence-electron chi connectivity index (χ4n) is 0.974. The van der Waals surface area contributed by atoms with Gasteiger partial charge < -0.3 is 9.29 Å². The molecule has 0 bridgehead atoms. The summed E-state index contributed by atoms with van der Waals surface area (Å²) in [5.41, 5.74) is 0. The van der Waals surface area contributed by atoms with Crippen molar-refractivity contribution in [3.63, 3.8) is 0 Å². The van der Waals surface area contributed by atoms with Crippen LogP contribution in [0.25, 0.3) is 0 Å². The first-order chi connectivity index (χ1) is 6.60. The van der Waals surface area contributed by atoms with Crippen molar-refractivity contribution >= 4 is 17.0 Å². The van der Waals surface area contributed by atoms with E-state index in [4.69, 9.17) is 4.74 Å². The standard InChI is InChI=1S/C9H18O4S/c1-3-8(4-2)7-13-9(10)5-6-14(11)12/h8H,3-7H2,1-2H3,(H,11,12)/p-1. The van der Waals surface area contributed by atoms with E-state index in [1.54, 1.807) is 0 Å². The smallest absolute Gasteiger partial charge is 0.306 e. The van der Waals surface area contributed by atoms with Gasteiger partial charge in [-0.3, -0.25) is 9.00 Å². The molecule has 0 saturated heterocycles. The van der Waals surface area contributed by atoms with Gasteiger partial charge in [-0.15, -0.1) is 0 Å². The molecule has 0 amide bonds. The number of carbonyl (C=O) groups is 1. The second kappa shape index (κ2) is 7.94. The Balaban J connectivity index is 3.57. The van der Waals surface area contributed by atoms with Crippen LogP contribution in [-0.2, 0) is 20.6 Å². The Morgan fingerprint density at radius 1 is 1.43 bits per heavy atom. The second-order valence-corrected chi connectivity index (χ2v) is 4.14. The quantitative estimate of drug-likeness (QED) is 0.479. The maximum absolute atomic E-state index is 11.0. The van der Waals surface area contributed by atoms with E-state index in [9.17, 15) is 13.6 Å². The molecule has 0 aliphatic carbocycles. The third-order valence-electron chi connectivity index (χ3n) is 2.11. The van der Waals surface area contributed by atoms with Gasteiger partial charge in [0, 0.05) is 5.75 Å². The average Bonchev–Trinajstić information content (AvgIpc) is 2.16. The molecule has 1 atom stereocenters. The molecule has 0 aromatic rings. The predicted molar refractivity (Wildman–Crippen MR) is 53.4 cm³/mol. The van der Waals surface area contributed by atoms with E-state index in [1.807, 2.05) is 13.8 Å². The monoisotopic (exact) mass is 221 g/mol. The van der Waals surface area contributed by atoms with Crippen LogP contribution in [0, 0.1) is 5.92 Å². The zero-order valence-corrected chi connectivity index (χ0v) is 9.47. The lowest BCUT2D eigenvalue weighted by Crippen LogP contribution is -2.14. The zero-order valence-electron chi connectivity index (χ0n) is 8.65. The van der Waals surface area contributed by atoms with Gasteiger partial charge in [0.2, 0.25) is 0 Å². The highest BCUT2D eigenvalue weighted by atomic mass is 32.2. The Kier molecular flexibility index (Phi) is 7.70. The van der Waals surface area contributed by atoms with Gasteiger partial charge in [-0.05, 0) is 5.92 Å². The minimum atomic E-state index is -2.15. The lowest BCUT2D eigenvalue weighted by Gasteiger charge is -2.12. The molecule has 4 nitrogen and oxygen atoms in total. The molecule has 0 saturated carbocycles. The molecule has 0 aliphatic rings. The molecule has 0 heterocycles. The third kappa shape index (κ3) is 7.03. The number of ether oxygens (including phenoxy) is 1. The van der Waals surface area contributed by atoms with E-state index in [0.29, 0.717) is 12.5 Å². The van der Waals surface area contributed by atoms with Gasteiger partial charge in [0.05, 0.1) is 13.0 Å². The molecule has 0 N–H and O–H groups in total. The summed E-state index contributed by atoms with van der Waals surface area (Å²) in [7, 11) is 0. The first kappa shape index (κ1) is 13.6. The predicted octanol–water partition coefficient (Wildman–Crippen LogP) is 1.24. The minimum Gasteiger partial charge on any atom is -0.772 e. The van der Waals surface area contributed by atoms with Gasteiger partial charge in [-0.25, -0.2) is 0 Å². The number of hydrogen-bond donors (Lipinski definition) is 0. The van der Waals surface area contributed by atoms with Gasteiger partial charge in [0.1, 0.15) is 0 Å². The summed E-state index contributed by atoms with van der Waals surface area (Å²) in [6.45, 7) is 4.47. The Hall–Kier alpha value is -0.420. The fourth-order valence-corrected chi connectivity index (χ4v) is 1.31. The average molecular weight is 221 g/mol. The summed E-state index contributed by atoms with van der Waals surface area (Å²) in [6.07, 6.45) is 1.89. The first-order valence-corrected chi connectivity index (χ1v) is 6.06. The van der Waals surface area contributed by atoms with E-state index in [2.05, 4.69) is 0 Å². The molecule has 0 aromatic heterocycles. The van der Waals surface area contributed by atoms with Crippen LogP contribution in [0.15, 0.2) is 0 Å². The molecular formula is C9H17O4S-. The summed E-state index contributed by atoms with van der Waals surface area (Å²) in [5.74, 6) is -0.195. The van der Waals surface area contributed by atoms with Gasteiger partial charge in [-0.1, -0.05) is 37.8 Å². The summed E-state index contributed by atoms with van der Waals surface area (Å²) in [5, 5.41) is 0. The Bertz CT molecular complexity index is 189. The van der Waals surface area contributed by atoms with E-state index in [1.165, 1.54) is 0 Å². The molecule has 14 heavy (non-hydrogen) atoms. The molecule has 0 aliphatic heterocycles. The number of esters is 1. The van der Waals surface area contributed by atoms with Crippen molar-refractivity contribution < 1.29 is 18.3 Å². The van der Waals surface area contributed by atoms with Crippen LogP contribution in [0.5, 0.6) is 0 Å². The lowest BCUT2D eigenvalue weighted by atomic mass is 10.1. The maximum atomic E-state index is 11.0. The zero-order chi connectivity index (χ0) is 11.0. The van der Waals surface area contributed by atoms with Crippen molar-refractivity contribution in [2.75, 3.05) is 12.4 Å². The summed E-state index contributed by atoms with van der Waals surface area (Å²) in [6, 6.07) is 0. The van der Waals surface area contributed by atoms with Crippen LogP contribution in [0.1, 0.15) is 33.1 Å². The maximum Gasteiger partial charge on any atom is 0.306 e. The van der Waals surface area contributed by atoms with Crippen LogP contribution in [-0.4, -0.2) is 27.1 Å². The molecular weight excluding hydrogens is 204 g/mol. The highest BCUT2D eigenvalue weighted by molar-refractivity contribution is 7.79. The molecule has 0 radical (unpaired) electrons. The molecule has 0 spiro atoms. The second-order valence-electron chi connectivity index (χ2n) is 3.12. The van der Waals surface area contributed by atoms with Crippen molar-refractivity contribution in [2.45, 2.75) is 33.1 Å². The SMILES string of the molecule is CCC(CC)COC(=O)CCS(=O)[O-]. The topological polar surface area (TPSA) is 66.4 Å². The third-order valence-corrected chi connectivity index (χ3v) is 2.65. The van der Waals surface area contributed by atoms with Crippen molar-refractivity contribution in [3.05, 3.63) is 0 Å². The van der Waals surface area contributed by atoms with Crippen LogP contribution in [0.3, 0.4) is 0 Å². The van der Waals surface area contributed by atoms with Crippen LogP contribution >= 0.6 is 0 Å². The molecule has 0 rings (SSSR count). The number of rotatable bonds is 7. The highest BCUT2D eigenvalue weighted by Crippen LogP contribution is 2.07. The number of carbonyl (C=O) groups excluding carboxylic acids is 1. The largest absolute Gasteiger partial charge is 0.772 e. The van der Waals surface area contributed by atoms with E-state index < -0.39 is 17.0 Å². The van der Waals surface area contributed by atoms with E-state index in [-0.39, 0.29) is 12.2 Å². The van der Waals surface area contributed by atoms with Crippen molar-refractivity contribution in [1.82, 2.24) is 0 Å². The van der Waals surface area contributed by atoms with Gasteiger partial charge in [0.15, 0.2) is 0 Å². The lowest BCUT2D eigenvalue weighted by molar-refractivity contribution is -0.144. The van der Waals surface area contributed by atoms with Gasteiger partial charge in [-0.2, -0.15) is 0 Å². The minimum absolute atomic E-state index is 0.0454. The Labute approximate surface area is 87.3 Å². The van der Waals surface area contributed by atoms with Crippen molar-refractivity contribution in [3.8, 4) is 0 Å². The summed E-state index contributed by atoms with van der Waals surface area (Å²) in [4.78, 5) is 11.0. The molecule has 84 valence electrons. The van der Waals surface area contributed by atoms with E-state index >= 15 is 0 Å². The van der Waals surface area contributed by atoms with Gasteiger partial charge >= 0.3 is 5.97 Å². The van der Waals surface area contributed by atoms with Gasteiger partial charge in [0.25, 0.3) is 0 Å². The summed E-state index contributed by atoms with van der Waals surface area (Å²) < 4.78 is 25.2. The van der Waals surface area contributed by atoms with Crippen LogP contribution in [0.4, 0.5) is 0 Å². The molecule has 5 heteroatoms. The molecule has 1 unspecified atom stereocenters. The van der Waals surface area contributed by atoms with Crippen LogP contribution < -0.4 is 0 Å². The van der Waals surface area contributed by atoms with Crippen molar-refractivity contribution in [1.29, 1.82) is 0 Å². The summed E-state index contributed by atoms with van der Waals surface area (Å²) >= 11 is -2.15. The molecule has 0 aromatic carbocycles. The van der Waals surface area contributed by atoms with E-state index in [0.717, 1.165) is 12.8 Å². The number of hydrogen-bond acceptors (Lipinski definition) is 4. The first-order valence-electron chi connectivity index (χ1n) is 4.81. The highest BCUT2D eigenvalue weighted by Gasteiger charge is 2.07. The Morgan fingerprint density at radius 2 is 2.00 bits per heavy atom. The van der Waals surface area contributed by atoms with Crippen LogP contribution in [0.2, 0.25) is 0 Å². The fraction of sp³-hybridized carbons (Fsp3) is 0.889. The Morgan fingerprint density at radius 3 is 2.43 bits per heavy atom. The van der Waals surface area contributed by atoms with Crippen molar-refractivity contribution in [2.24, 2.45) is 5.92 Å². The normalized spacial score (nSPS) is 12.9. The molecule has 0 fully saturated rings.